The molecule has 1 unspecified atom stereocenters. The van der Waals surface area contributed by atoms with Gasteiger partial charge in [0.2, 0.25) is 0 Å². The van der Waals surface area contributed by atoms with Gasteiger partial charge in [0, 0.05) is 12.3 Å². The maximum absolute atomic E-state index is 12.0. The molecule has 8 fully saturated rings. The molecule has 17 nitrogen and oxygen atoms in total. The van der Waals surface area contributed by atoms with Crippen molar-refractivity contribution in [1.29, 1.82) is 0 Å². The third-order valence-corrected chi connectivity index (χ3v) is 17.7. The van der Waals surface area contributed by atoms with Gasteiger partial charge in [0.1, 0.15) is 67.1 Å². The molecular weight excluding hydrogens is 812 g/mol. The molecule has 5 aliphatic heterocycles. The largest absolute Gasteiger partial charge is 0.394 e. The van der Waals surface area contributed by atoms with Crippen LogP contribution in [0.5, 0.6) is 0 Å². The summed E-state index contributed by atoms with van der Waals surface area (Å²) in [6, 6.07) is 0. The Morgan fingerprint density at radius 1 is 0.677 bits per heavy atom. The maximum Gasteiger partial charge on any atom is 0.187 e. The monoisotopic (exact) mass is 884 g/mol. The predicted octanol–water partition coefficient (Wildman–Crippen LogP) is 0.214. The van der Waals surface area contributed by atoms with E-state index >= 15 is 0 Å². The van der Waals surface area contributed by atoms with Crippen molar-refractivity contribution >= 4 is 0 Å². The molecule has 4 aliphatic carbocycles. The van der Waals surface area contributed by atoms with Crippen LogP contribution in [0.3, 0.4) is 0 Å². The highest BCUT2D eigenvalue weighted by Gasteiger charge is 2.69. The molecule has 0 bridgehead atoms. The van der Waals surface area contributed by atoms with E-state index in [0.717, 1.165) is 51.6 Å². The number of ether oxygens (including phenoxy) is 8. The van der Waals surface area contributed by atoms with Gasteiger partial charge < -0.3 is 83.9 Å². The Morgan fingerprint density at radius 2 is 1.35 bits per heavy atom. The van der Waals surface area contributed by atoms with E-state index in [0.29, 0.717) is 48.3 Å². The first-order chi connectivity index (χ1) is 29.4. The van der Waals surface area contributed by atoms with E-state index in [1.165, 1.54) is 12.5 Å². The van der Waals surface area contributed by atoms with Crippen molar-refractivity contribution in [2.75, 3.05) is 19.8 Å². The predicted molar refractivity (Wildman–Crippen MR) is 214 cm³/mol. The van der Waals surface area contributed by atoms with Crippen LogP contribution in [-0.4, -0.2) is 176 Å². The number of rotatable bonds is 8. The van der Waals surface area contributed by atoms with Crippen LogP contribution in [0.4, 0.5) is 0 Å². The fourth-order valence-corrected chi connectivity index (χ4v) is 14.0. The Kier molecular flexibility index (Phi) is 12.9. The minimum Gasteiger partial charge on any atom is -0.394 e. The number of fused-ring (bicyclic) bond motifs is 7. The molecule has 0 amide bonds. The Hall–Kier alpha value is -0.940. The smallest absolute Gasteiger partial charge is 0.187 e. The number of aliphatic hydroxyl groups is 9. The molecule has 62 heavy (non-hydrogen) atoms. The molecule has 0 aromatic rings. The summed E-state index contributed by atoms with van der Waals surface area (Å²) >= 11 is 0. The topological polar surface area (TPSA) is 256 Å². The Morgan fingerprint density at radius 3 is 2.05 bits per heavy atom. The molecule has 9 aliphatic rings. The lowest BCUT2D eigenvalue weighted by atomic mass is 9.47. The molecule has 1 spiro atoms. The standard InChI is InChI=1S/C45H72O17/c1-19-8-13-45(55-18-19)20(2)30-27(62-45)15-26-24-7-6-22-14-23(9-11-43(22,4)25(24)10-12-44(26,30)5)57-42-39(61-40-35(52)33(50)31(48)21(3)56-40)37(54)38(29(17-47)59-42)60-41-36(53)34(51)32(49)28(16-46)58-41/h6,19-21,23-42,46-54H,7-18H2,1-5H3/t19-,20+,21-,23+,24-,25+,26?,27+,28-,29+,30+,31-,32-,33+,34+,35+,36-,37-,38+,39+,40-,41+,42+,43+,44+,45-/m0/s1. The molecule has 26 atom stereocenters. The highest BCUT2D eigenvalue weighted by atomic mass is 16.8. The molecule has 5 saturated heterocycles. The second kappa shape index (κ2) is 17.3. The number of aliphatic hydroxyl groups excluding tert-OH is 9. The summed E-state index contributed by atoms with van der Waals surface area (Å²) in [4.78, 5) is 0. The second-order valence-electron chi connectivity index (χ2n) is 21.1. The van der Waals surface area contributed by atoms with E-state index in [9.17, 15) is 46.0 Å². The normalized spacial score (nSPS) is 57.6. The fourth-order valence-electron chi connectivity index (χ4n) is 14.0. The van der Waals surface area contributed by atoms with Crippen LogP contribution < -0.4 is 0 Å². The minimum atomic E-state index is -1.82. The van der Waals surface area contributed by atoms with Crippen LogP contribution in [0.25, 0.3) is 0 Å². The number of allylic oxidation sites excluding steroid dienone is 1. The van der Waals surface area contributed by atoms with Gasteiger partial charge in [-0.3, -0.25) is 0 Å². The van der Waals surface area contributed by atoms with Gasteiger partial charge >= 0.3 is 0 Å². The van der Waals surface area contributed by atoms with Crippen molar-refractivity contribution in [3.8, 4) is 0 Å². The summed E-state index contributed by atoms with van der Waals surface area (Å²) < 4.78 is 49.9. The summed E-state index contributed by atoms with van der Waals surface area (Å²) in [5.74, 6) is 2.56. The average molecular weight is 885 g/mol. The van der Waals surface area contributed by atoms with Crippen molar-refractivity contribution in [2.45, 2.75) is 203 Å². The van der Waals surface area contributed by atoms with Crippen LogP contribution in [0.1, 0.15) is 92.4 Å². The highest BCUT2D eigenvalue weighted by molar-refractivity contribution is 5.26. The molecule has 0 aromatic heterocycles. The van der Waals surface area contributed by atoms with Gasteiger partial charge in [0.25, 0.3) is 0 Å². The van der Waals surface area contributed by atoms with E-state index in [-0.39, 0.29) is 23.0 Å². The van der Waals surface area contributed by atoms with Crippen molar-refractivity contribution in [3.63, 3.8) is 0 Å². The molecular formula is C45H72O17. The lowest BCUT2D eigenvalue weighted by Crippen LogP contribution is -2.67. The summed E-state index contributed by atoms with van der Waals surface area (Å²) in [7, 11) is 0. The van der Waals surface area contributed by atoms with E-state index in [1.54, 1.807) is 0 Å². The summed E-state index contributed by atoms with van der Waals surface area (Å²) in [5.41, 5.74) is 1.48. The third-order valence-electron chi connectivity index (χ3n) is 17.7. The molecule has 9 rings (SSSR count). The van der Waals surface area contributed by atoms with Crippen molar-refractivity contribution in [2.24, 2.45) is 46.3 Å². The van der Waals surface area contributed by atoms with Gasteiger partial charge in [-0.15, -0.1) is 0 Å². The fraction of sp³-hybridized carbons (Fsp3) is 0.956. The first kappa shape index (κ1) is 46.2. The molecule has 0 aromatic carbocycles. The van der Waals surface area contributed by atoms with Crippen LogP contribution in [0.15, 0.2) is 11.6 Å². The van der Waals surface area contributed by atoms with E-state index in [4.69, 9.17) is 37.9 Å². The molecule has 17 heteroatoms. The summed E-state index contributed by atoms with van der Waals surface area (Å²) in [6.07, 6.45) is -12.0. The number of hydrogen-bond donors (Lipinski definition) is 9. The highest BCUT2D eigenvalue weighted by Crippen LogP contribution is 2.70. The van der Waals surface area contributed by atoms with E-state index in [2.05, 4.69) is 33.8 Å². The zero-order valence-electron chi connectivity index (χ0n) is 36.6. The molecule has 9 N–H and O–H groups in total. The van der Waals surface area contributed by atoms with Crippen LogP contribution in [0.2, 0.25) is 0 Å². The average Bonchev–Trinajstić information content (AvgIpc) is 3.70. The van der Waals surface area contributed by atoms with Crippen LogP contribution >= 0.6 is 0 Å². The number of hydrogen-bond acceptors (Lipinski definition) is 17. The van der Waals surface area contributed by atoms with E-state index in [1.807, 2.05) is 0 Å². The Balaban J connectivity index is 0.917. The Bertz CT molecular complexity index is 1610. The first-order valence-electron chi connectivity index (χ1n) is 23.4. The first-order valence-corrected chi connectivity index (χ1v) is 23.4. The van der Waals surface area contributed by atoms with Gasteiger partial charge in [-0.25, -0.2) is 0 Å². The van der Waals surface area contributed by atoms with Crippen molar-refractivity contribution in [1.82, 2.24) is 0 Å². The molecule has 0 radical (unpaired) electrons. The lowest BCUT2D eigenvalue weighted by molar-refractivity contribution is -0.389. The van der Waals surface area contributed by atoms with Crippen molar-refractivity contribution in [3.05, 3.63) is 11.6 Å². The quantitative estimate of drug-likeness (QED) is 0.148. The van der Waals surface area contributed by atoms with Gasteiger partial charge in [-0.2, -0.15) is 0 Å². The Labute approximate surface area is 363 Å². The molecule has 354 valence electrons. The zero-order chi connectivity index (χ0) is 44.2. The second-order valence-corrected chi connectivity index (χ2v) is 21.1. The SMILES string of the molecule is C[C@H]1CC[C@]2(OC1)O[C@@H]1CC3[C@H]4CC=C5C[C@H](O[C@@H]6O[C@H](CO)[C@@H](O[C@H]7O[C@@H](CO)[C@H](O)[C@@H](O)[C@@H]7O)[C@H](O)[C@H]6O[C@@H]6O[C@@H](C)[C@H](O)[C@@H](O)[C@H]6O)CC[C@@]5(C)[C@@H]4CC[C@@]3(C)[C@@H]1[C@H]2C. The van der Waals surface area contributed by atoms with Gasteiger partial charge in [-0.05, 0) is 98.7 Å². The summed E-state index contributed by atoms with van der Waals surface area (Å²) in [5, 5.41) is 95.7. The minimum absolute atomic E-state index is 0.0356. The maximum atomic E-state index is 12.0. The van der Waals surface area contributed by atoms with Crippen LogP contribution in [-0.2, 0) is 37.9 Å². The van der Waals surface area contributed by atoms with Gasteiger partial charge in [-0.1, -0.05) is 39.3 Å². The van der Waals surface area contributed by atoms with Gasteiger partial charge in [0.15, 0.2) is 24.7 Å². The summed E-state index contributed by atoms with van der Waals surface area (Å²) in [6.45, 7) is 10.4. The van der Waals surface area contributed by atoms with Crippen LogP contribution in [0, 0.1) is 46.3 Å². The lowest BCUT2D eigenvalue weighted by Gasteiger charge is -2.58. The third kappa shape index (κ3) is 7.49. The van der Waals surface area contributed by atoms with Gasteiger partial charge in [0.05, 0.1) is 38.1 Å². The molecule has 5 heterocycles. The zero-order valence-corrected chi connectivity index (χ0v) is 36.6. The van der Waals surface area contributed by atoms with E-state index < -0.39 is 111 Å². The molecule has 3 saturated carbocycles. The van der Waals surface area contributed by atoms with Crippen molar-refractivity contribution < 1.29 is 83.9 Å².